The number of aryl methyl sites for hydroxylation is 2. The van der Waals surface area contributed by atoms with Gasteiger partial charge in [0, 0.05) is 18.3 Å². The number of amides is 2. The Balaban J connectivity index is 2.09. The van der Waals surface area contributed by atoms with E-state index in [1.54, 1.807) is 23.6 Å². The van der Waals surface area contributed by atoms with E-state index in [1.807, 2.05) is 51.1 Å². The van der Waals surface area contributed by atoms with E-state index >= 15 is 0 Å². The molecule has 0 spiro atoms. The maximum absolute atomic E-state index is 13.1. The second kappa shape index (κ2) is 11.1. The van der Waals surface area contributed by atoms with Crippen LogP contribution in [0, 0.1) is 13.8 Å². The standard InChI is InChI=1S/C24H32N2O2S/c1-17(2)25-24(28)20(5)26(14-21-11-8-9-18(3)13-21)23(27)16-29-15-22-12-7-6-10-19(22)4/h6-13,17,20H,14-16H2,1-5H3,(H,25,28)/t20-/m1/s1. The molecule has 156 valence electrons. The van der Waals surface area contributed by atoms with Gasteiger partial charge in [-0.3, -0.25) is 9.59 Å². The molecule has 2 aromatic carbocycles. The predicted molar refractivity (Wildman–Crippen MR) is 122 cm³/mol. The number of carbonyl (C=O) groups excluding carboxylic acids is 2. The number of benzene rings is 2. The summed E-state index contributed by atoms with van der Waals surface area (Å²) in [4.78, 5) is 27.3. The molecule has 5 heteroatoms. The van der Waals surface area contributed by atoms with Gasteiger partial charge < -0.3 is 10.2 Å². The lowest BCUT2D eigenvalue weighted by Crippen LogP contribution is -2.49. The predicted octanol–water partition coefficient (Wildman–Crippen LogP) is 4.48. The van der Waals surface area contributed by atoms with Gasteiger partial charge in [-0.2, -0.15) is 0 Å². The van der Waals surface area contributed by atoms with Crippen molar-refractivity contribution < 1.29 is 9.59 Å². The van der Waals surface area contributed by atoms with E-state index in [4.69, 9.17) is 0 Å². The van der Waals surface area contributed by atoms with Gasteiger partial charge in [0.25, 0.3) is 0 Å². The molecule has 0 aliphatic rings. The number of nitrogens with one attached hydrogen (secondary N) is 1. The summed E-state index contributed by atoms with van der Waals surface area (Å²) < 4.78 is 0. The molecule has 2 rings (SSSR count). The molecular formula is C24H32N2O2S. The number of rotatable bonds is 9. The minimum Gasteiger partial charge on any atom is -0.352 e. The third-order valence-electron chi connectivity index (χ3n) is 4.78. The lowest BCUT2D eigenvalue weighted by Gasteiger charge is -2.29. The van der Waals surface area contributed by atoms with Gasteiger partial charge in [0.05, 0.1) is 5.75 Å². The zero-order valence-corrected chi connectivity index (χ0v) is 18.9. The molecule has 0 aliphatic heterocycles. The fourth-order valence-electron chi connectivity index (χ4n) is 3.10. The average Bonchev–Trinajstić information content (AvgIpc) is 2.66. The minimum atomic E-state index is -0.524. The van der Waals surface area contributed by atoms with Crippen molar-refractivity contribution in [1.82, 2.24) is 10.2 Å². The van der Waals surface area contributed by atoms with Crippen LogP contribution in [0.25, 0.3) is 0 Å². The van der Waals surface area contributed by atoms with Crippen LogP contribution in [-0.2, 0) is 21.9 Å². The first-order valence-corrected chi connectivity index (χ1v) is 11.2. The lowest BCUT2D eigenvalue weighted by atomic mass is 10.1. The molecule has 2 aromatic rings. The largest absolute Gasteiger partial charge is 0.352 e. The highest BCUT2D eigenvalue weighted by Gasteiger charge is 2.26. The van der Waals surface area contributed by atoms with Crippen LogP contribution in [0.15, 0.2) is 48.5 Å². The Morgan fingerprint density at radius 3 is 2.41 bits per heavy atom. The highest BCUT2D eigenvalue weighted by atomic mass is 32.2. The summed E-state index contributed by atoms with van der Waals surface area (Å²) in [5, 5.41) is 2.92. The van der Waals surface area contributed by atoms with Gasteiger partial charge in [0.15, 0.2) is 0 Å². The van der Waals surface area contributed by atoms with Crippen molar-refractivity contribution in [3.05, 3.63) is 70.8 Å². The van der Waals surface area contributed by atoms with Crippen LogP contribution in [0.1, 0.15) is 43.0 Å². The topological polar surface area (TPSA) is 49.4 Å². The van der Waals surface area contributed by atoms with Crippen molar-refractivity contribution in [2.75, 3.05) is 5.75 Å². The van der Waals surface area contributed by atoms with Crippen molar-refractivity contribution >= 4 is 23.6 Å². The normalized spacial score (nSPS) is 11.9. The summed E-state index contributed by atoms with van der Waals surface area (Å²) in [5.41, 5.74) is 4.64. The van der Waals surface area contributed by atoms with Crippen LogP contribution < -0.4 is 5.32 Å². The highest BCUT2D eigenvalue weighted by Crippen LogP contribution is 2.18. The first kappa shape index (κ1) is 23.0. The molecule has 29 heavy (non-hydrogen) atoms. The van der Waals surface area contributed by atoms with Crippen LogP contribution >= 0.6 is 11.8 Å². The average molecular weight is 413 g/mol. The molecule has 0 bridgehead atoms. The van der Waals surface area contributed by atoms with E-state index in [0.717, 1.165) is 16.9 Å². The Bertz CT molecular complexity index is 835. The first-order valence-electron chi connectivity index (χ1n) is 10.1. The van der Waals surface area contributed by atoms with Crippen molar-refractivity contribution in [3.8, 4) is 0 Å². The van der Waals surface area contributed by atoms with E-state index in [1.165, 1.54) is 11.1 Å². The van der Waals surface area contributed by atoms with Crippen LogP contribution in [0.3, 0.4) is 0 Å². The Morgan fingerprint density at radius 1 is 1.03 bits per heavy atom. The van der Waals surface area contributed by atoms with E-state index in [2.05, 4.69) is 30.4 Å². The lowest BCUT2D eigenvalue weighted by molar-refractivity contribution is -0.138. The number of hydrogen-bond acceptors (Lipinski definition) is 3. The zero-order chi connectivity index (χ0) is 21.4. The van der Waals surface area contributed by atoms with Gasteiger partial charge in [-0.25, -0.2) is 0 Å². The second-order valence-electron chi connectivity index (χ2n) is 7.77. The smallest absolute Gasteiger partial charge is 0.242 e. The Kier molecular flexibility index (Phi) is 8.77. The summed E-state index contributed by atoms with van der Waals surface area (Å²) in [6.07, 6.45) is 0. The molecule has 0 fully saturated rings. The summed E-state index contributed by atoms with van der Waals surface area (Å²) in [6.45, 7) is 10.2. The molecule has 0 aromatic heterocycles. The maximum atomic E-state index is 13.1. The van der Waals surface area contributed by atoms with Gasteiger partial charge >= 0.3 is 0 Å². The summed E-state index contributed by atoms with van der Waals surface area (Å²) in [6, 6.07) is 15.8. The Labute approximate surface area is 179 Å². The van der Waals surface area contributed by atoms with Crippen LogP contribution in [0.2, 0.25) is 0 Å². The van der Waals surface area contributed by atoms with Gasteiger partial charge in [0.1, 0.15) is 6.04 Å². The molecule has 4 nitrogen and oxygen atoms in total. The van der Waals surface area contributed by atoms with Crippen LogP contribution in [0.5, 0.6) is 0 Å². The molecule has 0 aliphatic carbocycles. The number of thioether (sulfide) groups is 1. The van der Waals surface area contributed by atoms with Gasteiger partial charge in [-0.15, -0.1) is 11.8 Å². The van der Waals surface area contributed by atoms with E-state index < -0.39 is 6.04 Å². The fourth-order valence-corrected chi connectivity index (χ4v) is 4.08. The molecule has 2 amide bonds. The van der Waals surface area contributed by atoms with Crippen molar-refractivity contribution in [2.24, 2.45) is 0 Å². The Hall–Kier alpha value is -2.27. The highest BCUT2D eigenvalue weighted by molar-refractivity contribution is 7.99. The van der Waals surface area contributed by atoms with Gasteiger partial charge in [0.2, 0.25) is 11.8 Å². The fraction of sp³-hybridized carbons (Fsp3) is 0.417. The van der Waals surface area contributed by atoms with Crippen molar-refractivity contribution in [3.63, 3.8) is 0 Å². The molecule has 0 radical (unpaired) electrons. The van der Waals surface area contributed by atoms with Gasteiger partial charge in [-0.05, 0) is 51.3 Å². The quantitative estimate of drug-likeness (QED) is 0.661. The number of nitrogens with zero attached hydrogens (tertiary/aromatic N) is 1. The SMILES string of the molecule is Cc1cccc(CN(C(=O)CSCc2ccccc2C)[C@H](C)C(=O)NC(C)C)c1. The summed E-state index contributed by atoms with van der Waals surface area (Å²) >= 11 is 1.59. The van der Waals surface area contributed by atoms with Crippen molar-refractivity contribution in [1.29, 1.82) is 0 Å². The van der Waals surface area contributed by atoms with E-state index in [9.17, 15) is 9.59 Å². The third-order valence-corrected chi connectivity index (χ3v) is 5.74. The van der Waals surface area contributed by atoms with Gasteiger partial charge in [-0.1, -0.05) is 54.1 Å². The molecule has 1 N–H and O–H groups in total. The van der Waals surface area contributed by atoms with E-state index in [-0.39, 0.29) is 17.9 Å². The van der Waals surface area contributed by atoms with Crippen molar-refractivity contribution in [2.45, 2.75) is 59.0 Å². The second-order valence-corrected chi connectivity index (χ2v) is 8.75. The molecule has 0 saturated heterocycles. The Morgan fingerprint density at radius 2 is 1.76 bits per heavy atom. The molecule has 0 unspecified atom stereocenters. The third kappa shape index (κ3) is 7.24. The monoisotopic (exact) mass is 412 g/mol. The van der Waals surface area contributed by atoms with Crippen LogP contribution in [0.4, 0.5) is 0 Å². The number of carbonyl (C=O) groups is 2. The first-order chi connectivity index (χ1) is 13.8. The molecule has 1 atom stereocenters. The minimum absolute atomic E-state index is 0.0171. The molecule has 0 heterocycles. The number of hydrogen-bond donors (Lipinski definition) is 1. The molecular weight excluding hydrogens is 380 g/mol. The van der Waals surface area contributed by atoms with E-state index in [0.29, 0.717) is 12.3 Å². The van der Waals surface area contributed by atoms with Crippen LogP contribution in [-0.4, -0.2) is 34.6 Å². The zero-order valence-electron chi connectivity index (χ0n) is 18.1. The molecule has 0 saturated carbocycles. The summed E-state index contributed by atoms with van der Waals surface area (Å²) in [7, 11) is 0. The maximum Gasteiger partial charge on any atom is 0.242 e. The summed E-state index contributed by atoms with van der Waals surface area (Å²) in [5.74, 6) is 0.990.